The molecular formula is C19H24N2O3S. The summed E-state index contributed by atoms with van der Waals surface area (Å²) in [4.78, 5) is 30.8. The van der Waals surface area contributed by atoms with Crippen molar-refractivity contribution < 1.29 is 9.53 Å². The highest BCUT2D eigenvalue weighted by molar-refractivity contribution is 7.98. The van der Waals surface area contributed by atoms with Crippen molar-refractivity contribution in [2.45, 2.75) is 50.4 Å². The second-order valence-electron chi connectivity index (χ2n) is 5.77. The Morgan fingerprint density at radius 2 is 1.96 bits per heavy atom. The van der Waals surface area contributed by atoms with Crippen LogP contribution in [0.4, 0.5) is 0 Å². The predicted octanol–water partition coefficient (Wildman–Crippen LogP) is 3.97. The Balaban J connectivity index is 1.96. The minimum absolute atomic E-state index is 0.113. The van der Waals surface area contributed by atoms with E-state index < -0.39 is 0 Å². The summed E-state index contributed by atoms with van der Waals surface area (Å²) in [7, 11) is 0. The SMILES string of the molecule is CCCCc1cc(=O)[nH]c(SCc2ccc(C(=O)OCCC)cc2)n1. The Hall–Kier alpha value is -2.08. The first-order valence-corrected chi connectivity index (χ1v) is 9.60. The molecule has 1 aromatic heterocycles. The molecule has 0 aliphatic heterocycles. The summed E-state index contributed by atoms with van der Waals surface area (Å²) in [5, 5.41) is 0.630. The zero-order chi connectivity index (χ0) is 18.1. The molecule has 134 valence electrons. The molecule has 0 spiro atoms. The van der Waals surface area contributed by atoms with E-state index in [2.05, 4.69) is 16.9 Å². The highest BCUT2D eigenvalue weighted by Crippen LogP contribution is 2.19. The van der Waals surface area contributed by atoms with E-state index in [1.165, 1.54) is 11.8 Å². The molecule has 1 heterocycles. The van der Waals surface area contributed by atoms with E-state index in [0.717, 1.165) is 36.9 Å². The van der Waals surface area contributed by atoms with Crippen LogP contribution < -0.4 is 5.56 Å². The van der Waals surface area contributed by atoms with Gasteiger partial charge < -0.3 is 9.72 Å². The largest absolute Gasteiger partial charge is 0.462 e. The van der Waals surface area contributed by atoms with Crippen molar-refractivity contribution in [1.29, 1.82) is 0 Å². The second kappa shape index (κ2) is 10.0. The number of nitrogens with zero attached hydrogens (tertiary/aromatic N) is 1. The fraction of sp³-hybridized carbons (Fsp3) is 0.421. The van der Waals surface area contributed by atoms with Crippen LogP contribution in [0.1, 0.15) is 54.7 Å². The number of hydrogen-bond acceptors (Lipinski definition) is 5. The summed E-state index contributed by atoms with van der Waals surface area (Å²) < 4.78 is 5.11. The van der Waals surface area contributed by atoms with Crippen LogP contribution in [0.25, 0.3) is 0 Å². The number of ether oxygens (including phenoxy) is 1. The highest BCUT2D eigenvalue weighted by atomic mass is 32.2. The Bertz CT molecular complexity index is 741. The maximum Gasteiger partial charge on any atom is 0.338 e. The maximum atomic E-state index is 11.8. The van der Waals surface area contributed by atoms with Gasteiger partial charge in [-0.2, -0.15) is 0 Å². The van der Waals surface area contributed by atoms with Gasteiger partial charge in [-0.1, -0.05) is 44.2 Å². The van der Waals surface area contributed by atoms with Crippen LogP contribution in [0.5, 0.6) is 0 Å². The zero-order valence-corrected chi connectivity index (χ0v) is 15.5. The molecule has 0 aliphatic carbocycles. The zero-order valence-electron chi connectivity index (χ0n) is 14.7. The smallest absolute Gasteiger partial charge is 0.338 e. The molecule has 1 aromatic carbocycles. The van der Waals surface area contributed by atoms with Crippen molar-refractivity contribution in [2.24, 2.45) is 0 Å². The third-order valence-electron chi connectivity index (χ3n) is 3.56. The number of benzene rings is 1. The number of thioether (sulfide) groups is 1. The van der Waals surface area contributed by atoms with Gasteiger partial charge in [-0.3, -0.25) is 4.79 Å². The van der Waals surface area contributed by atoms with Gasteiger partial charge in [-0.15, -0.1) is 0 Å². The molecule has 0 atom stereocenters. The number of H-pyrrole nitrogens is 1. The van der Waals surface area contributed by atoms with Crippen LogP contribution >= 0.6 is 11.8 Å². The lowest BCUT2D eigenvalue weighted by atomic mass is 10.1. The molecular weight excluding hydrogens is 336 g/mol. The van der Waals surface area contributed by atoms with E-state index in [1.54, 1.807) is 18.2 Å². The van der Waals surface area contributed by atoms with Crippen LogP contribution in [0.15, 0.2) is 40.3 Å². The Kier molecular flexibility index (Phi) is 7.73. The fourth-order valence-corrected chi connectivity index (χ4v) is 3.06. The van der Waals surface area contributed by atoms with Gasteiger partial charge in [0.05, 0.1) is 12.2 Å². The minimum Gasteiger partial charge on any atom is -0.462 e. The summed E-state index contributed by atoms with van der Waals surface area (Å²) in [5.41, 5.74) is 2.33. The van der Waals surface area contributed by atoms with Gasteiger partial charge in [0.1, 0.15) is 0 Å². The average Bonchev–Trinajstić information content (AvgIpc) is 2.62. The molecule has 0 radical (unpaired) electrons. The van der Waals surface area contributed by atoms with Crippen LogP contribution in [-0.4, -0.2) is 22.5 Å². The summed E-state index contributed by atoms with van der Waals surface area (Å²) in [6, 6.07) is 8.89. The number of nitrogens with one attached hydrogen (secondary N) is 1. The molecule has 0 amide bonds. The average molecular weight is 360 g/mol. The highest BCUT2D eigenvalue weighted by Gasteiger charge is 2.07. The molecule has 0 fully saturated rings. The molecule has 0 saturated heterocycles. The summed E-state index contributed by atoms with van der Waals surface area (Å²) in [5.74, 6) is 0.375. The van der Waals surface area contributed by atoms with Gasteiger partial charge >= 0.3 is 5.97 Å². The maximum absolute atomic E-state index is 11.8. The van der Waals surface area contributed by atoms with E-state index in [1.807, 2.05) is 19.1 Å². The molecule has 1 N–H and O–H groups in total. The van der Waals surface area contributed by atoms with E-state index in [9.17, 15) is 9.59 Å². The standard InChI is InChI=1S/C19H24N2O3S/c1-3-5-6-16-12-17(22)21-19(20-16)25-13-14-7-9-15(10-8-14)18(23)24-11-4-2/h7-10,12H,3-6,11,13H2,1-2H3,(H,20,21,22). The van der Waals surface area contributed by atoms with Crippen molar-refractivity contribution in [2.75, 3.05) is 6.61 Å². The number of esters is 1. The Morgan fingerprint density at radius 1 is 1.20 bits per heavy atom. The van der Waals surface area contributed by atoms with Gasteiger partial charge in [0.2, 0.25) is 0 Å². The van der Waals surface area contributed by atoms with Crippen molar-refractivity contribution in [3.8, 4) is 0 Å². The van der Waals surface area contributed by atoms with Crippen molar-refractivity contribution in [1.82, 2.24) is 9.97 Å². The molecule has 0 saturated carbocycles. The van der Waals surface area contributed by atoms with E-state index in [-0.39, 0.29) is 11.5 Å². The number of hydrogen-bond donors (Lipinski definition) is 1. The monoisotopic (exact) mass is 360 g/mol. The number of aromatic amines is 1. The van der Waals surface area contributed by atoms with Crippen molar-refractivity contribution >= 4 is 17.7 Å². The van der Waals surface area contributed by atoms with Crippen LogP contribution in [-0.2, 0) is 16.9 Å². The molecule has 5 nitrogen and oxygen atoms in total. The Morgan fingerprint density at radius 3 is 2.64 bits per heavy atom. The summed E-state index contributed by atoms with van der Waals surface area (Å²) >= 11 is 1.48. The predicted molar refractivity (Wildman–Crippen MR) is 100 cm³/mol. The molecule has 2 rings (SSSR count). The third-order valence-corrected chi connectivity index (χ3v) is 4.51. The summed E-state index contributed by atoms with van der Waals surface area (Å²) in [6.45, 7) is 4.51. The van der Waals surface area contributed by atoms with Crippen LogP contribution in [0, 0.1) is 0 Å². The van der Waals surface area contributed by atoms with Crippen molar-refractivity contribution in [3.05, 3.63) is 57.5 Å². The normalized spacial score (nSPS) is 10.6. The van der Waals surface area contributed by atoms with E-state index in [4.69, 9.17) is 4.74 Å². The third kappa shape index (κ3) is 6.38. The lowest BCUT2D eigenvalue weighted by Gasteiger charge is -2.06. The van der Waals surface area contributed by atoms with E-state index >= 15 is 0 Å². The number of carbonyl (C=O) groups is 1. The minimum atomic E-state index is -0.296. The van der Waals surface area contributed by atoms with Crippen LogP contribution in [0.3, 0.4) is 0 Å². The molecule has 25 heavy (non-hydrogen) atoms. The van der Waals surface area contributed by atoms with Gasteiger partial charge in [0.25, 0.3) is 5.56 Å². The lowest BCUT2D eigenvalue weighted by molar-refractivity contribution is 0.0505. The first kappa shape index (κ1) is 19.2. The Labute approximate surface area is 152 Å². The lowest BCUT2D eigenvalue weighted by Crippen LogP contribution is -2.10. The fourth-order valence-electron chi connectivity index (χ4n) is 2.20. The molecule has 0 unspecified atom stereocenters. The number of aromatic nitrogens is 2. The topological polar surface area (TPSA) is 72.0 Å². The van der Waals surface area contributed by atoms with E-state index in [0.29, 0.717) is 23.1 Å². The first-order chi connectivity index (χ1) is 12.1. The number of unbranched alkanes of at least 4 members (excludes halogenated alkanes) is 1. The van der Waals surface area contributed by atoms with Crippen LogP contribution in [0.2, 0.25) is 0 Å². The molecule has 2 aromatic rings. The van der Waals surface area contributed by atoms with Gasteiger partial charge in [-0.25, -0.2) is 9.78 Å². The van der Waals surface area contributed by atoms with Crippen molar-refractivity contribution in [3.63, 3.8) is 0 Å². The number of aryl methyl sites for hydroxylation is 1. The molecule has 0 bridgehead atoms. The quantitative estimate of drug-likeness (QED) is 0.416. The van der Waals surface area contributed by atoms with Gasteiger partial charge in [0, 0.05) is 17.5 Å². The molecule has 6 heteroatoms. The number of rotatable bonds is 9. The number of carbonyl (C=O) groups excluding carboxylic acids is 1. The summed E-state index contributed by atoms with van der Waals surface area (Å²) in [6.07, 6.45) is 3.73. The van der Waals surface area contributed by atoms with Gasteiger partial charge in [-0.05, 0) is 37.0 Å². The second-order valence-corrected chi connectivity index (χ2v) is 6.73. The first-order valence-electron chi connectivity index (χ1n) is 8.61. The van der Waals surface area contributed by atoms with Gasteiger partial charge in [0.15, 0.2) is 5.16 Å². The molecule has 0 aliphatic rings.